The van der Waals surface area contributed by atoms with Crippen molar-refractivity contribution < 1.29 is 18.3 Å². The molecule has 1 aliphatic heterocycles. The van der Waals surface area contributed by atoms with Gasteiger partial charge in [-0.15, -0.1) is 0 Å². The molecule has 5 nitrogen and oxygen atoms in total. The Kier molecular flexibility index (Phi) is 4.73. The predicted molar refractivity (Wildman–Crippen MR) is 61.6 cm³/mol. The topological polar surface area (TPSA) is 75.6 Å². The molecule has 0 atom stereocenters. The van der Waals surface area contributed by atoms with E-state index >= 15 is 0 Å². The predicted octanol–water partition coefficient (Wildman–Crippen LogP) is 0.103. The summed E-state index contributed by atoms with van der Waals surface area (Å²) in [5.41, 5.74) is -0.942. The van der Waals surface area contributed by atoms with E-state index in [1.807, 2.05) is 13.8 Å². The van der Waals surface area contributed by atoms with Gasteiger partial charge in [-0.1, -0.05) is 13.8 Å². The van der Waals surface area contributed by atoms with Crippen LogP contribution in [0, 0.1) is 5.92 Å². The first kappa shape index (κ1) is 13.9. The van der Waals surface area contributed by atoms with Crippen LogP contribution in [0.3, 0.4) is 0 Å². The maximum absolute atomic E-state index is 11.6. The molecule has 2 N–H and O–H groups in total. The highest BCUT2D eigenvalue weighted by atomic mass is 32.2. The molecule has 1 aliphatic rings. The molecule has 1 fully saturated rings. The second kappa shape index (κ2) is 5.44. The Morgan fingerprint density at radius 1 is 1.38 bits per heavy atom. The number of rotatable bonds is 5. The van der Waals surface area contributed by atoms with E-state index in [4.69, 9.17) is 4.74 Å². The van der Waals surface area contributed by atoms with Crippen LogP contribution in [0.25, 0.3) is 0 Å². The van der Waals surface area contributed by atoms with E-state index in [0.717, 1.165) is 0 Å². The van der Waals surface area contributed by atoms with Crippen LogP contribution in [0.5, 0.6) is 0 Å². The van der Waals surface area contributed by atoms with Crippen LogP contribution < -0.4 is 4.72 Å². The smallest absolute Gasteiger partial charge is 0.211 e. The van der Waals surface area contributed by atoms with E-state index in [0.29, 0.717) is 26.1 Å². The molecule has 0 aromatic carbocycles. The Bertz CT molecular complexity index is 307. The van der Waals surface area contributed by atoms with Crippen LogP contribution in [0.2, 0.25) is 0 Å². The number of aliphatic hydroxyl groups is 1. The van der Waals surface area contributed by atoms with Gasteiger partial charge >= 0.3 is 0 Å². The van der Waals surface area contributed by atoms with Gasteiger partial charge in [-0.3, -0.25) is 0 Å². The standard InChI is InChI=1S/C10H21NO4S/c1-9(2)7-16(13,14)11-8-10(12)3-5-15-6-4-10/h9,11-12H,3-8H2,1-2H3. The molecule has 0 saturated carbocycles. The molecule has 16 heavy (non-hydrogen) atoms. The van der Waals surface area contributed by atoms with Gasteiger partial charge in [0, 0.05) is 32.6 Å². The lowest BCUT2D eigenvalue weighted by atomic mass is 9.95. The molecule has 0 spiro atoms. The van der Waals surface area contributed by atoms with Gasteiger partial charge in [0.15, 0.2) is 0 Å². The molecule has 1 rings (SSSR count). The number of ether oxygens (including phenoxy) is 1. The summed E-state index contributed by atoms with van der Waals surface area (Å²) in [5, 5.41) is 10.1. The quantitative estimate of drug-likeness (QED) is 0.727. The highest BCUT2D eigenvalue weighted by Crippen LogP contribution is 2.19. The lowest BCUT2D eigenvalue weighted by molar-refractivity contribution is -0.0588. The van der Waals surface area contributed by atoms with Crippen molar-refractivity contribution in [1.29, 1.82) is 0 Å². The molecule has 0 unspecified atom stereocenters. The zero-order chi connectivity index (χ0) is 12.2. The minimum Gasteiger partial charge on any atom is -0.388 e. The van der Waals surface area contributed by atoms with Crippen molar-refractivity contribution in [2.45, 2.75) is 32.3 Å². The summed E-state index contributed by atoms with van der Waals surface area (Å²) in [5.74, 6) is 0.182. The molecular weight excluding hydrogens is 230 g/mol. The van der Waals surface area contributed by atoms with Crippen LogP contribution in [0.15, 0.2) is 0 Å². The zero-order valence-corrected chi connectivity index (χ0v) is 10.7. The van der Waals surface area contributed by atoms with Gasteiger partial charge in [-0.05, 0) is 5.92 Å². The van der Waals surface area contributed by atoms with Crippen LogP contribution in [-0.4, -0.2) is 44.6 Å². The normalized spacial score (nSPS) is 21.2. The van der Waals surface area contributed by atoms with Crippen molar-refractivity contribution in [3.8, 4) is 0 Å². The Morgan fingerprint density at radius 3 is 2.44 bits per heavy atom. The molecule has 1 saturated heterocycles. The second-order valence-electron chi connectivity index (χ2n) is 4.83. The van der Waals surface area contributed by atoms with E-state index in [1.165, 1.54) is 0 Å². The van der Waals surface area contributed by atoms with Crippen LogP contribution in [-0.2, 0) is 14.8 Å². The molecule has 0 aromatic heterocycles. The Balaban J connectivity index is 2.43. The van der Waals surface area contributed by atoms with Crippen molar-refractivity contribution in [3.63, 3.8) is 0 Å². The average Bonchev–Trinajstić information content (AvgIpc) is 2.15. The average molecular weight is 251 g/mol. The SMILES string of the molecule is CC(C)CS(=O)(=O)NCC1(O)CCOCC1. The third kappa shape index (κ3) is 4.78. The summed E-state index contributed by atoms with van der Waals surface area (Å²) in [6.45, 7) is 4.76. The fourth-order valence-electron chi connectivity index (χ4n) is 1.67. The Hall–Kier alpha value is -0.170. The molecular formula is C10H21NO4S. The van der Waals surface area contributed by atoms with Crippen molar-refractivity contribution in [1.82, 2.24) is 4.72 Å². The largest absolute Gasteiger partial charge is 0.388 e. The molecule has 0 amide bonds. The molecule has 96 valence electrons. The van der Waals surface area contributed by atoms with Gasteiger partial charge in [-0.25, -0.2) is 13.1 Å². The lowest BCUT2D eigenvalue weighted by Gasteiger charge is -2.32. The van der Waals surface area contributed by atoms with Gasteiger partial charge in [0.25, 0.3) is 0 Å². The zero-order valence-electron chi connectivity index (χ0n) is 9.90. The number of hydrogen-bond donors (Lipinski definition) is 2. The summed E-state index contributed by atoms with van der Waals surface area (Å²) >= 11 is 0. The summed E-state index contributed by atoms with van der Waals surface area (Å²) in [4.78, 5) is 0. The van der Waals surface area contributed by atoms with Crippen LogP contribution >= 0.6 is 0 Å². The van der Waals surface area contributed by atoms with Crippen LogP contribution in [0.1, 0.15) is 26.7 Å². The minimum absolute atomic E-state index is 0.0850. The van der Waals surface area contributed by atoms with Gasteiger partial charge in [0.05, 0.1) is 11.4 Å². The first-order valence-corrected chi connectivity index (χ1v) is 7.26. The molecule has 0 aliphatic carbocycles. The van der Waals surface area contributed by atoms with Crippen molar-refractivity contribution in [3.05, 3.63) is 0 Å². The summed E-state index contributed by atoms with van der Waals surface area (Å²) in [6.07, 6.45) is 0.967. The van der Waals surface area contributed by atoms with Gasteiger partial charge < -0.3 is 9.84 Å². The fraction of sp³-hybridized carbons (Fsp3) is 1.00. The van der Waals surface area contributed by atoms with E-state index in [-0.39, 0.29) is 18.2 Å². The monoisotopic (exact) mass is 251 g/mol. The van der Waals surface area contributed by atoms with Crippen molar-refractivity contribution >= 4 is 10.0 Å². The highest BCUT2D eigenvalue weighted by molar-refractivity contribution is 7.89. The molecule has 0 radical (unpaired) electrons. The summed E-state index contributed by atoms with van der Waals surface area (Å²) in [6, 6.07) is 0. The van der Waals surface area contributed by atoms with E-state index in [2.05, 4.69) is 4.72 Å². The number of nitrogens with one attached hydrogen (secondary N) is 1. The van der Waals surface area contributed by atoms with Gasteiger partial charge in [-0.2, -0.15) is 0 Å². The maximum atomic E-state index is 11.6. The van der Waals surface area contributed by atoms with Gasteiger partial charge in [0.1, 0.15) is 0 Å². The van der Waals surface area contributed by atoms with Gasteiger partial charge in [0.2, 0.25) is 10.0 Å². The van der Waals surface area contributed by atoms with Crippen molar-refractivity contribution in [2.75, 3.05) is 25.5 Å². The number of sulfonamides is 1. The van der Waals surface area contributed by atoms with E-state index < -0.39 is 15.6 Å². The molecule has 6 heteroatoms. The first-order chi connectivity index (χ1) is 7.33. The van der Waals surface area contributed by atoms with Crippen LogP contribution in [0.4, 0.5) is 0 Å². The Morgan fingerprint density at radius 2 is 1.94 bits per heavy atom. The van der Waals surface area contributed by atoms with E-state index in [1.54, 1.807) is 0 Å². The molecule has 1 heterocycles. The minimum atomic E-state index is -3.27. The third-order valence-electron chi connectivity index (χ3n) is 2.60. The summed E-state index contributed by atoms with van der Waals surface area (Å²) in [7, 11) is -3.27. The number of hydrogen-bond acceptors (Lipinski definition) is 4. The Labute approximate surface area is 97.2 Å². The highest BCUT2D eigenvalue weighted by Gasteiger charge is 2.31. The first-order valence-electron chi connectivity index (χ1n) is 5.60. The second-order valence-corrected chi connectivity index (χ2v) is 6.68. The van der Waals surface area contributed by atoms with Crippen molar-refractivity contribution in [2.24, 2.45) is 5.92 Å². The third-order valence-corrected chi connectivity index (χ3v) is 4.29. The fourth-order valence-corrected chi connectivity index (χ4v) is 3.15. The van der Waals surface area contributed by atoms with E-state index in [9.17, 15) is 13.5 Å². The lowest BCUT2D eigenvalue weighted by Crippen LogP contribution is -2.47. The molecule has 0 aromatic rings. The maximum Gasteiger partial charge on any atom is 0.211 e. The molecule has 0 bridgehead atoms. The summed E-state index contributed by atoms with van der Waals surface area (Å²) < 4.78 is 30.7.